The van der Waals surface area contributed by atoms with E-state index in [1.807, 2.05) is 12.1 Å². The van der Waals surface area contributed by atoms with Crippen molar-refractivity contribution in [3.63, 3.8) is 0 Å². The van der Waals surface area contributed by atoms with Crippen LogP contribution in [0, 0.1) is 0 Å². The number of alkyl halides is 1. The lowest BCUT2D eigenvalue weighted by Gasteiger charge is -2.11. The summed E-state index contributed by atoms with van der Waals surface area (Å²) >= 11 is 3.41. The van der Waals surface area contributed by atoms with E-state index in [1.165, 1.54) is 5.56 Å². The van der Waals surface area contributed by atoms with Crippen molar-refractivity contribution in [2.75, 3.05) is 13.2 Å². The van der Waals surface area contributed by atoms with Crippen LogP contribution in [0.5, 0.6) is 5.75 Å². The van der Waals surface area contributed by atoms with Gasteiger partial charge in [0.05, 0.1) is 6.10 Å². The van der Waals surface area contributed by atoms with Gasteiger partial charge in [-0.2, -0.15) is 0 Å². The van der Waals surface area contributed by atoms with Crippen molar-refractivity contribution in [3.05, 3.63) is 29.8 Å². The quantitative estimate of drug-likeness (QED) is 0.783. The Morgan fingerprint density at radius 3 is 2.73 bits per heavy atom. The van der Waals surface area contributed by atoms with Crippen LogP contribution in [0.3, 0.4) is 0 Å². The molecule has 0 bridgehead atoms. The lowest BCUT2D eigenvalue weighted by molar-refractivity contribution is 0.0679. The molecule has 1 aliphatic rings. The molecule has 0 unspecified atom stereocenters. The molecular formula is C12H15BrO2. The fourth-order valence-electron chi connectivity index (χ4n) is 1.64. The van der Waals surface area contributed by atoms with E-state index in [0.29, 0.717) is 12.7 Å². The highest BCUT2D eigenvalue weighted by molar-refractivity contribution is 9.08. The minimum absolute atomic E-state index is 0.292. The predicted octanol–water partition coefficient (Wildman–Crippen LogP) is 3.14. The van der Waals surface area contributed by atoms with Crippen LogP contribution in [-0.2, 0) is 10.1 Å². The number of halogens is 1. The van der Waals surface area contributed by atoms with E-state index in [1.54, 1.807) is 0 Å². The van der Waals surface area contributed by atoms with Gasteiger partial charge >= 0.3 is 0 Å². The first-order valence-corrected chi connectivity index (χ1v) is 6.40. The van der Waals surface area contributed by atoms with Crippen LogP contribution in [0.2, 0.25) is 0 Å². The molecule has 1 fully saturated rings. The van der Waals surface area contributed by atoms with Gasteiger partial charge in [-0.15, -0.1) is 0 Å². The maximum Gasteiger partial charge on any atom is 0.119 e. The fourth-order valence-corrected chi connectivity index (χ4v) is 2.01. The number of rotatable bonds is 4. The van der Waals surface area contributed by atoms with E-state index in [0.717, 1.165) is 30.5 Å². The third kappa shape index (κ3) is 3.21. The van der Waals surface area contributed by atoms with Crippen molar-refractivity contribution in [2.24, 2.45) is 0 Å². The molecule has 0 saturated carbocycles. The summed E-state index contributed by atoms with van der Waals surface area (Å²) in [5.41, 5.74) is 1.26. The molecule has 0 N–H and O–H groups in total. The zero-order valence-corrected chi connectivity index (χ0v) is 10.2. The van der Waals surface area contributed by atoms with Gasteiger partial charge in [0.15, 0.2) is 0 Å². The molecule has 1 heterocycles. The van der Waals surface area contributed by atoms with Gasteiger partial charge < -0.3 is 9.47 Å². The summed E-state index contributed by atoms with van der Waals surface area (Å²) in [6, 6.07) is 8.15. The average Bonchev–Trinajstić information content (AvgIpc) is 2.80. The van der Waals surface area contributed by atoms with E-state index in [9.17, 15) is 0 Å². The highest BCUT2D eigenvalue weighted by atomic mass is 79.9. The van der Waals surface area contributed by atoms with Crippen molar-refractivity contribution >= 4 is 15.9 Å². The SMILES string of the molecule is BrCc1ccc(OC[C@H]2CCCO2)cc1. The molecule has 0 amide bonds. The van der Waals surface area contributed by atoms with Crippen LogP contribution < -0.4 is 4.74 Å². The lowest BCUT2D eigenvalue weighted by atomic mass is 10.2. The minimum Gasteiger partial charge on any atom is -0.491 e. The Hall–Kier alpha value is -0.540. The Labute approximate surface area is 98.7 Å². The lowest BCUT2D eigenvalue weighted by Crippen LogP contribution is -2.16. The Morgan fingerprint density at radius 1 is 1.33 bits per heavy atom. The zero-order valence-electron chi connectivity index (χ0n) is 8.62. The van der Waals surface area contributed by atoms with E-state index in [4.69, 9.17) is 9.47 Å². The van der Waals surface area contributed by atoms with Gasteiger partial charge in [-0.25, -0.2) is 0 Å². The van der Waals surface area contributed by atoms with Crippen LogP contribution in [0.4, 0.5) is 0 Å². The highest BCUT2D eigenvalue weighted by Crippen LogP contribution is 2.17. The summed E-state index contributed by atoms with van der Waals surface area (Å²) in [6.07, 6.45) is 2.58. The molecule has 15 heavy (non-hydrogen) atoms. The number of hydrogen-bond acceptors (Lipinski definition) is 2. The number of ether oxygens (including phenoxy) is 2. The van der Waals surface area contributed by atoms with Crippen LogP contribution in [0.25, 0.3) is 0 Å². The van der Waals surface area contributed by atoms with E-state index in [2.05, 4.69) is 28.1 Å². The van der Waals surface area contributed by atoms with Gasteiger partial charge in [-0.05, 0) is 30.5 Å². The maximum atomic E-state index is 5.65. The standard InChI is InChI=1S/C12H15BrO2/c13-8-10-3-5-11(6-4-10)15-9-12-2-1-7-14-12/h3-6,12H,1-2,7-9H2/t12-/m1/s1. The first-order valence-electron chi connectivity index (χ1n) is 5.28. The summed E-state index contributed by atoms with van der Waals surface area (Å²) < 4.78 is 11.1. The molecule has 0 aliphatic carbocycles. The molecular weight excluding hydrogens is 256 g/mol. The second-order valence-corrected chi connectivity index (χ2v) is 4.28. The molecule has 3 heteroatoms. The summed E-state index contributed by atoms with van der Waals surface area (Å²) in [5, 5.41) is 0.888. The predicted molar refractivity (Wildman–Crippen MR) is 63.5 cm³/mol. The zero-order chi connectivity index (χ0) is 10.5. The molecule has 0 aromatic heterocycles. The topological polar surface area (TPSA) is 18.5 Å². The Balaban J connectivity index is 1.82. The Bertz CT molecular complexity index is 291. The van der Waals surface area contributed by atoms with Crippen molar-refractivity contribution < 1.29 is 9.47 Å². The number of benzene rings is 1. The van der Waals surface area contributed by atoms with Crippen LogP contribution in [0.15, 0.2) is 24.3 Å². The molecule has 0 spiro atoms. The van der Waals surface area contributed by atoms with E-state index >= 15 is 0 Å². The van der Waals surface area contributed by atoms with Gasteiger partial charge in [0.25, 0.3) is 0 Å². The van der Waals surface area contributed by atoms with Gasteiger partial charge in [-0.1, -0.05) is 28.1 Å². The van der Waals surface area contributed by atoms with Gasteiger partial charge in [-0.3, -0.25) is 0 Å². The molecule has 1 saturated heterocycles. The molecule has 0 radical (unpaired) electrons. The van der Waals surface area contributed by atoms with E-state index in [-0.39, 0.29) is 0 Å². The molecule has 82 valence electrons. The summed E-state index contributed by atoms with van der Waals surface area (Å²) in [4.78, 5) is 0. The summed E-state index contributed by atoms with van der Waals surface area (Å²) in [6.45, 7) is 1.56. The van der Waals surface area contributed by atoms with Crippen molar-refractivity contribution in [1.29, 1.82) is 0 Å². The molecule has 1 aromatic carbocycles. The molecule has 1 aromatic rings. The van der Waals surface area contributed by atoms with E-state index < -0.39 is 0 Å². The van der Waals surface area contributed by atoms with Gasteiger partial charge in [0, 0.05) is 11.9 Å². The third-order valence-electron chi connectivity index (χ3n) is 2.54. The first kappa shape index (κ1) is 11.0. The largest absolute Gasteiger partial charge is 0.491 e. The molecule has 1 aliphatic heterocycles. The monoisotopic (exact) mass is 270 g/mol. The average molecular weight is 271 g/mol. The molecule has 1 atom stereocenters. The van der Waals surface area contributed by atoms with Gasteiger partial charge in [0.1, 0.15) is 12.4 Å². The minimum atomic E-state index is 0.292. The van der Waals surface area contributed by atoms with Gasteiger partial charge in [0.2, 0.25) is 0 Å². The Kier molecular flexibility index (Phi) is 4.03. The molecule has 2 nitrogen and oxygen atoms in total. The Morgan fingerprint density at radius 2 is 2.13 bits per heavy atom. The van der Waals surface area contributed by atoms with Crippen molar-refractivity contribution in [3.8, 4) is 5.75 Å². The van der Waals surface area contributed by atoms with Crippen molar-refractivity contribution in [1.82, 2.24) is 0 Å². The first-order chi connectivity index (χ1) is 7.38. The summed E-state index contributed by atoms with van der Waals surface area (Å²) in [5.74, 6) is 0.926. The maximum absolute atomic E-state index is 5.65. The van der Waals surface area contributed by atoms with Crippen LogP contribution >= 0.6 is 15.9 Å². The van der Waals surface area contributed by atoms with Crippen LogP contribution in [0.1, 0.15) is 18.4 Å². The second-order valence-electron chi connectivity index (χ2n) is 3.72. The molecule has 2 rings (SSSR count). The third-order valence-corrected chi connectivity index (χ3v) is 3.19. The second kappa shape index (κ2) is 5.52. The summed E-state index contributed by atoms with van der Waals surface area (Å²) in [7, 11) is 0. The fraction of sp³-hybridized carbons (Fsp3) is 0.500. The number of hydrogen-bond donors (Lipinski definition) is 0. The normalized spacial score (nSPS) is 20.5. The van der Waals surface area contributed by atoms with Crippen molar-refractivity contribution in [2.45, 2.75) is 24.3 Å². The van der Waals surface area contributed by atoms with Crippen LogP contribution in [-0.4, -0.2) is 19.3 Å². The highest BCUT2D eigenvalue weighted by Gasteiger charge is 2.15. The smallest absolute Gasteiger partial charge is 0.119 e.